The minimum absolute atomic E-state index is 0.0937. The molecule has 182 valence electrons. The molecule has 0 bridgehead atoms. The van der Waals surface area contributed by atoms with Crippen molar-refractivity contribution in [2.75, 3.05) is 13.1 Å². The maximum Gasteiger partial charge on any atom is 0.410 e. The Morgan fingerprint density at radius 1 is 1.26 bits per heavy atom. The Labute approximate surface area is 202 Å². The van der Waals surface area contributed by atoms with Crippen LogP contribution in [0.2, 0.25) is 0 Å². The molecule has 2 amide bonds. The van der Waals surface area contributed by atoms with Crippen molar-refractivity contribution < 1.29 is 14.3 Å². The van der Waals surface area contributed by atoms with E-state index in [0.717, 1.165) is 34.0 Å². The second-order valence-corrected chi connectivity index (χ2v) is 11.2. The number of carbonyl (C=O) groups excluding carboxylic acids is 2. The Hall–Kier alpha value is -2.94. The number of piperidine rings is 1. The van der Waals surface area contributed by atoms with Gasteiger partial charge >= 0.3 is 6.09 Å². The van der Waals surface area contributed by atoms with Crippen LogP contribution in [0.25, 0.3) is 20.2 Å². The minimum atomic E-state index is -0.570. The third-order valence-corrected chi connectivity index (χ3v) is 6.95. The quantitative estimate of drug-likeness (QED) is 0.598. The Morgan fingerprint density at radius 2 is 2.00 bits per heavy atom. The molecule has 0 saturated carbocycles. The number of nitrogens with zero attached hydrogens (tertiary/aromatic N) is 3. The van der Waals surface area contributed by atoms with Gasteiger partial charge in [0.1, 0.15) is 16.8 Å². The van der Waals surface area contributed by atoms with Gasteiger partial charge in [0, 0.05) is 34.6 Å². The van der Waals surface area contributed by atoms with Crippen molar-refractivity contribution in [3.8, 4) is 0 Å². The Kier molecular flexibility index (Phi) is 6.66. The van der Waals surface area contributed by atoms with Crippen LogP contribution in [0.15, 0.2) is 29.1 Å². The van der Waals surface area contributed by atoms with Gasteiger partial charge < -0.3 is 15.0 Å². The number of aromatic nitrogens is 2. The molecule has 1 aliphatic rings. The van der Waals surface area contributed by atoms with Crippen molar-refractivity contribution in [1.82, 2.24) is 20.0 Å². The zero-order valence-electron chi connectivity index (χ0n) is 20.4. The van der Waals surface area contributed by atoms with Crippen LogP contribution >= 0.6 is 11.3 Å². The Morgan fingerprint density at radius 3 is 2.71 bits per heavy atom. The summed E-state index contributed by atoms with van der Waals surface area (Å²) in [6.45, 7) is 10.4. The van der Waals surface area contributed by atoms with Crippen molar-refractivity contribution in [2.45, 2.75) is 71.6 Å². The van der Waals surface area contributed by atoms with Gasteiger partial charge in [-0.25, -0.2) is 9.48 Å². The van der Waals surface area contributed by atoms with Gasteiger partial charge in [0.25, 0.3) is 5.56 Å². The largest absolute Gasteiger partial charge is 0.444 e. The molecule has 3 aromatic rings. The van der Waals surface area contributed by atoms with Crippen molar-refractivity contribution in [3.05, 3.63) is 40.3 Å². The molecule has 34 heavy (non-hydrogen) atoms. The smallest absolute Gasteiger partial charge is 0.410 e. The fourth-order valence-electron chi connectivity index (χ4n) is 4.30. The van der Waals surface area contributed by atoms with E-state index in [4.69, 9.17) is 4.74 Å². The number of fused-ring (bicyclic) bond motifs is 3. The Balaban J connectivity index is 1.53. The molecular formula is C25H32N4O4S. The zero-order valence-corrected chi connectivity index (χ0v) is 21.2. The summed E-state index contributed by atoms with van der Waals surface area (Å²) in [7, 11) is 0. The molecule has 2 aromatic heterocycles. The summed E-state index contributed by atoms with van der Waals surface area (Å²) in [5.74, 6) is -0.197. The van der Waals surface area contributed by atoms with E-state index in [0.29, 0.717) is 17.8 Å². The second-order valence-electron chi connectivity index (χ2n) is 10.1. The van der Waals surface area contributed by atoms with Crippen molar-refractivity contribution in [1.29, 1.82) is 0 Å². The first kappa shape index (κ1) is 24.2. The fraction of sp³-hybridized carbons (Fsp3) is 0.520. The van der Waals surface area contributed by atoms with Gasteiger partial charge in [-0.2, -0.15) is 5.10 Å². The summed E-state index contributed by atoms with van der Waals surface area (Å²) in [4.78, 5) is 40.2. The number of likely N-dealkylation sites (tertiary alicyclic amines) is 1. The van der Waals surface area contributed by atoms with Crippen LogP contribution in [0.5, 0.6) is 0 Å². The summed E-state index contributed by atoms with van der Waals surface area (Å²) in [5.41, 5.74) is -0.0113. The highest BCUT2D eigenvalue weighted by atomic mass is 32.1. The first-order valence-electron chi connectivity index (χ1n) is 11.7. The van der Waals surface area contributed by atoms with Crippen LogP contribution in [0.4, 0.5) is 4.79 Å². The van der Waals surface area contributed by atoms with E-state index in [1.165, 1.54) is 16.0 Å². The summed E-state index contributed by atoms with van der Waals surface area (Å²) in [6.07, 6.45) is 1.16. The highest BCUT2D eigenvalue weighted by molar-refractivity contribution is 7.25. The summed E-state index contributed by atoms with van der Waals surface area (Å²) >= 11 is 1.44. The molecule has 1 atom stereocenters. The summed E-state index contributed by atoms with van der Waals surface area (Å²) in [6, 6.07) is 7.74. The van der Waals surface area contributed by atoms with E-state index in [9.17, 15) is 14.4 Å². The molecule has 1 N–H and O–H groups in total. The van der Waals surface area contributed by atoms with Gasteiger partial charge in [0.05, 0.1) is 5.69 Å². The molecular weight excluding hydrogens is 452 g/mol. The molecule has 1 saturated heterocycles. The molecule has 1 aliphatic heterocycles. The van der Waals surface area contributed by atoms with Gasteiger partial charge in [0.2, 0.25) is 5.91 Å². The number of hydrogen-bond donors (Lipinski definition) is 1. The number of thiophene rings is 1. The molecule has 9 heteroatoms. The van der Waals surface area contributed by atoms with Crippen LogP contribution in [0, 0.1) is 0 Å². The van der Waals surface area contributed by atoms with E-state index in [2.05, 4.69) is 10.4 Å². The number of nitrogens with one attached hydrogen (secondary N) is 1. The van der Waals surface area contributed by atoms with Gasteiger partial charge in [-0.05, 0) is 45.6 Å². The predicted octanol–water partition coefficient (Wildman–Crippen LogP) is 4.25. The normalized spacial score (nSPS) is 16.9. The first-order valence-corrected chi connectivity index (χ1v) is 12.5. The third-order valence-electron chi connectivity index (χ3n) is 5.79. The monoisotopic (exact) mass is 484 g/mol. The number of ether oxygens (including phenoxy) is 1. The number of amides is 2. The maximum absolute atomic E-state index is 13.2. The number of carbonyl (C=O) groups is 2. The second kappa shape index (κ2) is 9.37. The van der Waals surface area contributed by atoms with Crippen LogP contribution in [0.1, 0.15) is 59.1 Å². The average molecular weight is 485 g/mol. The third kappa shape index (κ3) is 5.09. The molecule has 8 nitrogen and oxygen atoms in total. The standard InChI is InChI=1S/C25H32N4O4S/c1-15(2)21-20-17-10-6-7-11-18(17)34-22(20)23(31)29(27-21)14-19(30)26-16-9-8-12-28(13-16)24(32)33-25(3,4)5/h6-7,10-11,15-16H,8-9,12-14H2,1-5H3,(H,26,30)/t16-/m1/s1. The van der Waals surface area contributed by atoms with Crippen LogP contribution in [-0.2, 0) is 16.1 Å². The Bertz CT molecular complexity index is 1290. The van der Waals surface area contributed by atoms with Gasteiger partial charge in [-0.1, -0.05) is 32.0 Å². The van der Waals surface area contributed by atoms with E-state index in [1.54, 1.807) is 4.90 Å². The summed E-state index contributed by atoms with van der Waals surface area (Å²) < 4.78 is 8.40. The molecule has 0 aliphatic carbocycles. The van der Waals surface area contributed by atoms with Crippen molar-refractivity contribution >= 4 is 43.5 Å². The van der Waals surface area contributed by atoms with E-state index in [1.807, 2.05) is 58.9 Å². The fourth-order valence-corrected chi connectivity index (χ4v) is 5.46. The molecule has 0 unspecified atom stereocenters. The van der Waals surface area contributed by atoms with Crippen molar-refractivity contribution in [2.24, 2.45) is 0 Å². The highest BCUT2D eigenvalue weighted by Gasteiger charge is 2.28. The predicted molar refractivity (Wildman–Crippen MR) is 134 cm³/mol. The molecule has 1 fully saturated rings. The topological polar surface area (TPSA) is 93.5 Å². The molecule has 1 aromatic carbocycles. The molecule has 0 radical (unpaired) electrons. The van der Waals surface area contributed by atoms with E-state index in [-0.39, 0.29) is 36.1 Å². The number of rotatable bonds is 4. The van der Waals surface area contributed by atoms with Gasteiger partial charge in [-0.3, -0.25) is 9.59 Å². The SMILES string of the molecule is CC(C)c1nn(CC(=O)N[C@@H]2CCCN(C(=O)OC(C)(C)C)C2)c(=O)c2sc3ccccc3c12. The lowest BCUT2D eigenvalue weighted by atomic mass is 10.0. The highest BCUT2D eigenvalue weighted by Crippen LogP contribution is 2.35. The van der Waals surface area contributed by atoms with Crippen molar-refractivity contribution in [3.63, 3.8) is 0 Å². The molecule has 3 heterocycles. The maximum atomic E-state index is 13.2. The van der Waals surface area contributed by atoms with Crippen LogP contribution in [-0.4, -0.2) is 51.4 Å². The van der Waals surface area contributed by atoms with E-state index < -0.39 is 5.60 Å². The lowest BCUT2D eigenvalue weighted by molar-refractivity contribution is -0.123. The zero-order chi connectivity index (χ0) is 24.6. The lowest BCUT2D eigenvalue weighted by Crippen LogP contribution is -2.51. The summed E-state index contributed by atoms with van der Waals surface area (Å²) in [5, 5.41) is 9.50. The van der Waals surface area contributed by atoms with Gasteiger partial charge in [0.15, 0.2) is 0 Å². The number of hydrogen-bond acceptors (Lipinski definition) is 6. The average Bonchev–Trinajstić information content (AvgIpc) is 3.14. The van der Waals surface area contributed by atoms with Crippen LogP contribution in [0.3, 0.4) is 0 Å². The van der Waals surface area contributed by atoms with E-state index >= 15 is 0 Å². The number of benzene rings is 1. The minimum Gasteiger partial charge on any atom is -0.444 e. The first-order chi connectivity index (χ1) is 16.0. The van der Waals surface area contributed by atoms with Crippen LogP contribution < -0.4 is 10.9 Å². The molecule has 4 rings (SSSR count). The van der Waals surface area contributed by atoms with Gasteiger partial charge in [-0.15, -0.1) is 11.3 Å². The lowest BCUT2D eigenvalue weighted by Gasteiger charge is -2.34. The molecule has 0 spiro atoms.